The number of hydrogen-bond acceptors (Lipinski definition) is 8. The van der Waals surface area contributed by atoms with E-state index in [9.17, 15) is 13.2 Å². The molecule has 9 nitrogen and oxygen atoms in total. The van der Waals surface area contributed by atoms with E-state index in [2.05, 4.69) is 10.2 Å². The van der Waals surface area contributed by atoms with E-state index in [-0.39, 0.29) is 24.1 Å². The van der Waals surface area contributed by atoms with Crippen LogP contribution < -0.4 is 4.31 Å². The van der Waals surface area contributed by atoms with Crippen LogP contribution in [0.5, 0.6) is 0 Å². The molecule has 0 aliphatic heterocycles. The SMILES string of the molecule is CS(=O)(=O)N(CC(=O)OCc1nnc(-c2ccco2)o1)c1cccc(Cl)c1. The van der Waals surface area contributed by atoms with Crippen molar-refractivity contribution in [2.45, 2.75) is 6.61 Å². The quantitative estimate of drug-likeness (QED) is 0.544. The van der Waals surface area contributed by atoms with Gasteiger partial charge in [0.15, 0.2) is 12.4 Å². The lowest BCUT2D eigenvalue weighted by atomic mass is 10.3. The fourth-order valence-corrected chi connectivity index (χ4v) is 3.17. The molecule has 27 heavy (non-hydrogen) atoms. The molecule has 1 aromatic carbocycles. The number of hydrogen-bond donors (Lipinski definition) is 0. The monoisotopic (exact) mass is 411 g/mol. The number of benzene rings is 1. The van der Waals surface area contributed by atoms with E-state index >= 15 is 0 Å². The lowest BCUT2D eigenvalue weighted by molar-refractivity contribution is -0.143. The topological polar surface area (TPSA) is 116 Å². The lowest BCUT2D eigenvalue weighted by Crippen LogP contribution is -2.35. The number of aromatic nitrogens is 2. The average molecular weight is 412 g/mol. The van der Waals surface area contributed by atoms with Crippen molar-refractivity contribution in [1.82, 2.24) is 10.2 Å². The maximum Gasteiger partial charge on any atom is 0.327 e. The number of carbonyl (C=O) groups is 1. The van der Waals surface area contributed by atoms with E-state index < -0.39 is 22.5 Å². The van der Waals surface area contributed by atoms with Crippen LogP contribution in [0.2, 0.25) is 5.02 Å². The van der Waals surface area contributed by atoms with Crippen molar-refractivity contribution >= 4 is 33.3 Å². The summed E-state index contributed by atoms with van der Waals surface area (Å²) in [5, 5.41) is 7.85. The van der Waals surface area contributed by atoms with Crippen molar-refractivity contribution in [3.05, 3.63) is 53.6 Å². The van der Waals surface area contributed by atoms with E-state index in [1.165, 1.54) is 18.4 Å². The molecule has 2 heterocycles. The Kier molecular flexibility index (Phi) is 5.47. The maximum absolute atomic E-state index is 12.1. The Morgan fingerprint density at radius 1 is 1.26 bits per heavy atom. The third-order valence-corrected chi connectivity index (χ3v) is 4.70. The normalized spacial score (nSPS) is 11.3. The molecule has 3 aromatic rings. The van der Waals surface area contributed by atoms with Gasteiger partial charge in [0.1, 0.15) is 6.54 Å². The molecular weight excluding hydrogens is 398 g/mol. The molecule has 0 aliphatic carbocycles. The summed E-state index contributed by atoms with van der Waals surface area (Å²) in [6.07, 6.45) is 2.43. The number of nitrogens with zero attached hydrogens (tertiary/aromatic N) is 3. The minimum Gasteiger partial charge on any atom is -0.459 e. The summed E-state index contributed by atoms with van der Waals surface area (Å²) in [6, 6.07) is 9.43. The number of furan rings is 1. The van der Waals surface area contributed by atoms with E-state index in [0.29, 0.717) is 10.8 Å². The van der Waals surface area contributed by atoms with E-state index in [1.807, 2.05) is 0 Å². The van der Waals surface area contributed by atoms with Crippen LogP contribution in [-0.2, 0) is 26.2 Å². The minimum absolute atomic E-state index is 0.0448. The molecule has 0 bridgehead atoms. The van der Waals surface area contributed by atoms with Crippen LogP contribution in [0.4, 0.5) is 5.69 Å². The Bertz CT molecular complexity index is 1030. The first kappa shape index (κ1) is 18.9. The van der Waals surface area contributed by atoms with Crippen molar-refractivity contribution < 1.29 is 26.8 Å². The first-order valence-electron chi connectivity index (χ1n) is 7.58. The van der Waals surface area contributed by atoms with E-state index in [4.69, 9.17) is 25.2 Å². The molecule has 3 rings (SSSR count). The average Bonchev–Trinajstić information content (AvgIpc) is 3.28. The van der Waals surface area contributed by atoms with Gasteiger partial charge in [-0.2, -0.15) is 0 Å². The van der Waals surface area contributed by atoms with Gasteiger partial charge in [-0.15, -0.1) is 10.2 Å². The van der Waals surface area contributed by atoms with Gasteiger partial charge in [0, 0.05) is 5.02 Å². The number of rotatable bonds is 7. The molecule has 0 saturated heterocycles. The second kappa shape index (κ2) is 7.80. The van der Waals surface area contributed by atoms with Crippen LogP contribution in [0, 0.1) is 0 Å². The molecule has 0 unspecified atom stereocenters. The number of anilines is 1. The summed E-state index contributed by atoms with van der Waals surface area (Å²) in [4.78, 5) is 12.1. The fraction of sp³-hybridized carbons (Fsp3) is 0.188. The Morgan fingerprint density at radius 2 is 2.07 bits per heavy atom. The largest absolute Gasteiger partial charge is 0.459 e. The van der Waals surface area contributed by atoms with Gasteiger partial charge < -0.3 is 13.6 Å². The van der Waals surface area contributed by atoms with Gasteiger partial charge in [-0.05, 0) is 30.3 Å². The van der Waals surface area contributed by atoms with Gasteiger partial charge >= 0.3 is 5.97 Å². The van der Waals surface area contributed by atoms with Gasteiger partial charge in [-0.1, -0.05) is 17.7 Å². The molecule has 0 spiro atoms. The molecule has 0 fully saturated rings. The molecule has 0 radical (unpaired) electrons. The Labute approximate surface area is 159 Å². The summed E-state index contributed by atoms with van der Waals surface area (Å²) < 4.78 is 40.4. The zero-order valence-electron chi connectivity index (χ0n) is 14.0. The van der Waals surface area contributed by atoms with Crippen molar-refractivity contribution in [3.63, 3.8) is 0 Å². The Morgan fingerprint density at radius 3 is 2.74 bits per heavy atom. The second-order valence-corrected chi connectivity index (χ2v) is 7.73. The highest BCUT2D eigenvalue weighted by Gasteiger charge is 2.22. The highest BCUT2D eigenvalue weighted by Crippen LogP contribution is 2.22. The zero-order valence-corrected chi connectivity index (χ0v) is 15.6. The summed E-state index contributed by atoms with van der Waals surface area (Å²) in [5.74, 6) is -0.228. The van der Waals surface area contributed by atoms with Gasteiger partial charge in [-0.25, -0.2) is 8.42 Å². The number of esters is 1. The van der Waals surface area contributed by atoms with Crippen LogP contribution in [0.25, 0.3) is 11.7 Å². The fourth-order valence-electron chi connectivity index (χ4n) is 2.15. The predicted octanol–water partition coefficient (Wildman–Crippen LogP) is 2.49. The van der Waals surface area contributed by atoms with Crippen molar-refractivity contribution in [2.75, 3.05) is 17.1 Å². The molecule has 11 heteroatoms. The van der Waals surface area contributed by atoms with Gasteiger partial charge in [-0.3, -0.25) is 9.10 Å². The summed E-state index contributed by atoms with van der Waals surface area (Å²) >= 11 is 5.89. The lowest BCUT2D eigenvalue weighted by Gasteiger charge is -2.21. The molecule has 0 amide bonds. The smallest absolute Gasteiger partial charge is 0.327 e. The first-order valence-corrected chi connectivity index (χ1v) is 9.81. The molecule has 2 aromatic heterocycles. The van der Waals surface area contributed by atoms with Gasteiger partial charge in [0.2, 0.25) is 10.0 Å². The molecule has 0 N–H and O–H groups in total. The summed E-state index contributed by atoms with van der Waals surface area (Å²) in [7, 11) is -3.73. The molecular formula is C16H14ClN3O6S. The second-order valence-electron chi connectivity index (χ2n) is 5.39. The van der Waals surface area contributed by atoms with Crippen LogP contribution in [0.1, 0.15) is 5.89 Å². The van der Waals surface area contributed by atoms with E-state index in [0.717, 1.165) is 10.6 Å². The highest BCUT2D eigenvalue weighted by atomic mass is 35.5. The zero-order chi connectivity index (χ0) is 19.4. The molecule has 0 atom stereocenters. The third-order valence-electron chi connectivity index (χ3n) is 3.32. The number of carbonyl (C=O) groups excluding carboxylic acids is 1. The van der Waals surface area contributed by atoms with Gasteiger partial charge in [0.05, 0.1) is 18.2 Å². The van der Waals surface area contributed by atoms with Crippen molar-refractivity contribution in [2.24, 2.45) is 0 Å². The van der Waals surface area contributed by atoms with Crippen molar-refractivity contribution in [3.8, 4) is 11.7 Å². The Balaban J connectivity index is 1.65. The number of halogens is 1. The highest BCUT2D eigenvalue weighted by molar-refractivity contribution is 7.92. The molecule has 0 aliphatic rings. The first-order chi connectivity index (χ1) is 12.8. The van der Waals surface area contributed by atoms with Crippen LogP contribution in [0.3, 0.4) is 0 Å². The standard InChI is InChI=1S/C16H14ClN3O6S/c1-27(22,23)20(12-5-2-4-11(17)8-12)9-15(21)25-10-14-18-19-16(26-14)13-6-3-7-24-13/h2-8H,9-10H2,1H3. The van der Waals surface area contributed by atoms with Crippen LogP contribution in [-0.4, -0.2) is 37.4 Å². The maximum atomic E-state index is 12.1. The van der Waals surface area contributed by atoms with Gasteiger partial charge in [0.25, 0.3) is 11.8 Å². The van der Waals surface area contributed by atoms with Crippen LogP contribution in [0.15, 0.2) is 51.5 Å². The van der Waals surface area contributed by atoms with Crippen molar-refractivity contribution in [1.29, 1.82) is 0 Å². The molecule has 0 saturated carbocycles. The number of ether oxygens (including phenoxy) is 1. The third kappa shape index (κ3) is 4.86. The minimum atomic E-state index is -3.73. The predicted molar refractivity (Wildman–Crippen MR) is 95.4 cm³/mol. The van der Waals surface area contributed by atoms with Crippen LogP contribution >= 0.6 is 11.6 Å². The Hall–Kier alpha value is -2.85. The van der Waals surface area contributed by atoms with E-state index in [1.54, 1.807) is 24.3 Å². The number of sulfonamides is 1. The summed E-state index contributed by atoms with van der Waals surface area (Å²) in [6.45, 7) is -0.835. The summed E-state index contributed by atoms with van der Waals surface area (Å²) in [5.41, 5.74) is 0.250. The molecule has 142 valence electrons.